The van der Waals surface area contributed by atoms with Crippen molar-refractivity contribution in [2.75, 3.05) is 11.9 Å². The quantitative estimate of drug-likeness (QED) is 0.857. The zero-order valence-electron chi connectivity index (χ0n) is 14.0. The number of ether oxygens (including phenoxy) is 1. The number of hydrogen-bond donors (Lipinski definition) is 2. The van der Waals surface area contributed by atoms with Gasteiger partial charge in [-0.15, -0.1) is 0 Å². The largest absolute Gasteiger partial charge is 0.444 e. The molecule has 1 aromatic carbocycles. The number of rotatable bonds is 5. The molecule has 0 aromatic heterocycles. The summed E-state index contributed by atoms with van der Waals surface area (Å²) >= 11 is 0. The Morgan fingerprint density at radius 3 is 2.48 bits per heavy atom. The summed E-state index contributed by atoms with van der Waals surface area (Å²) < 4.78 is 5.21. The zero-order valence-corrected chi connectivity index (χ0v) is 14.0. The maximum Gasteiger partial charge on any atom is 0.407 e. The Balaban J connectivity index is 2.45. The molecule has 0 fully saturated rings. The first-order chi connectivity index (χ1) is 9.67. The Kier molecular flexibility index (Phi) is 6.06. The minimum atomic E-state index is -0.466. The number of benzene rings is 1. The smallest absolute Gasteiger partial charge is 0.407 e. The second kappa shape index (κ2) is 7.34. The van der Waals surface area contributed by atoms with Crippen molar-refractivity contribution in [3.8, 4) is 0 Å². The van der Waals surface area contributed by atoms with Crippen LogP contribution in [0.25, 0.3) is 0 Å². The highest BCUT2D eigenvalue weighted by atomic mass is 16.6. The molecule has 1 atom stereocenters. The molecule has 0 saturated heterocycles. The van der Waals surface area contributed by atoms with Crippen LogP contribution in [0.2, 0.25) is 0 Å². The minimum Gasteiger partial charge on any atom is -0.444 e. The lowest BCUT2D eigenvalue weighted by atomic mass is 10.0. The van der Waals surface area contributed by atoms with E-state index < -0.39 is 5.60 Å². The number of alkyl carbamates (subject to hydrolysis) is 1. The molecule has 0 radical (unpaired) electrons. The molecule has 2 N–H and O–H groups in total. The van der Waals surface area contributed by atoms with Crippen LogP contribution >= 0.6 is 0 Å². The lowest BCUT2D eigenvalue weighted by Gasteiger charge is -2.21. The lowest BCUT2D eigenvalue weighted by Crippen LogP contribution is -2.38. The van der Waals surface area contributed by atoms with Crippen molar-refractivity contribution >= 4 is 11.8 Å². The van der Waals surface area contributed by atoms with Crippen LogP contribution in [0.15, 0.2) is 24.3 Å². The molecule has 0 heterocycles. The van der Waals surface area contributed by atoms with Gasteiger partial charge < -0.3 is 15.4 Å². The van der Waals surface area contributed by atoms with Crippen molar-refractivity contribution in [1.29, 1.82) is 0 Å². The van der Waals surface area contributed by atoms with E-state index in [4.69, 9.17) is 4.74 Å². The van der Waals surface area contributed by atoms with E-state index in [0.29, 0.717) is 12.5 Å². The Hall–Kier alpha value is -1.71. The molecule has 0 bridgehead atoms. The summed E-state index contributed by atoms with van der Waals surface area (Å²) in [5, 5.41) is 6.16. The van der Waals surface area contributed by atoms with Gasteiger partial charge in [-0.3, -0.25) is 0 Å². The van der Waals surface area contributed by atoms with Crippen LogP contribution in [0.5, 0.6) is 0 Å². The molecule has 4 heteroatoms. The molecule has 1 amide bonds. The molecular formula is C17H28N2O2. The fourth-order valence-electron chi connectivity index (χ4n) is 1.87. The summed E-state index contributed by atoms with van der Waals surface area (Å²) in [5.74, 6) is 0.502. The molecule has 118 valence electrons. The van der Waals surface area contributed by atoms with Gasteiger partial charge in [0.25, 0.3) is 0 Å². The SMILES string of the molecule is CC(CNC(=O)OC(C)(C)C)Nc1cccc(C(C)C)c1. The predicted octanol–water partition coefficient (Wildman–Crippen LogP) is 4.14. The van der Waals surface area contributed by atoms with Crippen LogP contribution in [0.4, 0.5) is 10.5 Å². The van der Waals surface area contributed by atoms with Crippen molar-refractivity contribution in [2.24, 2.45) is 0 Å². The third-order valence-corrected chi connectivity index (χ3v) is 2.92. The van der Waals surface area contributed by atoms with Crippen molar-refractivity contribution < 1.29 is 9.53 Å². The van der Waals surface area contributed by atoms with E-state index in [2.05, 4.69) is 36.6 Å². The van der Waals surface area contributed by atoms with Gasteiger partial charge >= 0.3 is 6.09 Å². The summed E-state index contributed by atoms with van der Waals surface area (Å²) in [6.07, 6.45) is -0.382. The van der Waals surface area contributed by atoms with E-state index in [-0.39, 0.29) is 12.1 Å². The maximum atomic E-state index is 11.6. The molecule has 21 heavy (non-hydrogen) atoms. The summed E-state index contributed by atoms with van der Waals surface area (Å²) in [6, 6.07) is 8.48. The van der Waals surface area contributed by atoms with Gasteiger partial charge in [0.15, 0.2) is 0 Å². The van der Waals surface area contributed by atoms with Crippen LogP contribution in [0, 0.1) is 0 Å². The van der Waals surface area contributed by atoms with E-state index in [0.717, 1.165) is 5.69 Å². The number of anilines is 1. The normalized spacial score (nSPS) is 12.9. The number of nitrogens with one attached hydrogen (secondary N) is 2. The second-order valence-electron chi connectivity index (χ2n) is 6.71. The number of carbonyl (C=O) groups excluding carboxylic acids is 1. The average Bonchev–Trinajstić information content (AvgIpc) is 2.34. The second-order valence-corrected chi connectivity index (χ2v) is 6.71. The van der Waals surface area contributed by atoms with Gasteiger partial charge in [-0.05, 0) is 51.3 Å². The van der Waals surface area contributed by atoms with Crippen LogP contribution in [-0.4, -0.2) is 24.3 Å². The summed E-state index contributed by atoms with van der Waals surface area (Å²) in [5.41, 5.74) is 1.90. The molecule has 0 aliphatic heterocycles. The lowest BCUT2D eigenvalue weighted by molar-refractivity contribution is 0.0526. The molecule has 1 aromatic rings. The first-order valence-electron chi connectivity index (χ1n) is 7.50. The van der Waals surface area contributed by atoms with Gasteiger partial charge in [0.05, 0.1) is 0 Å². The Morgan fingerprint density at radius 2 is 1.90 bits per heavy atom. The first-order valence-corrected chi connectivity index (χ1v) is 7.50. The molecule has 1 rings (SSSR count). The molecule has 0 saturated carbocycles. The van der Waals surface area contributed by atoms with Gasteiger partial charge in [0.1, 0.15) is 5.60 Å². The molecule has 0 spiro atoms. The minimum absolute atomic E-state index is 0.125. The van der Waals surface area contributed by atoms with Crippen LogP contribution in [-0.2, 0) is 4.74 Å². The van der Waals surface area contributed by atoms with E-state index >= 15 is 0 Å². The molecular weight excluding hydrogens is 264 g/mol. The van der Waals surface area contributed by atoms with Gasteiger partial charge in [-0.2, -0.15) is 0 Å². The number of hydrogen-bond acceptors (Lipinski definition) is 3. The maximum absolute atomic E-state index is 11.6. The van der Waals surface area contributed by atoms with Crippen LogP contribution in [0.1, 0.15) is 53.0 Å². The van der Waals surface area contributed by atoms with E-state index in [1.807, 2.05) is 39.8 Å². The van der Waals surface area contributed by atoms with Crippen LogP contribution in [0.3, 0.4) is 0 Å². The summed E-state index contributed by atoms with van der Waals surface area (Å²) in [4.78, 5) is 11.6. The van der Waals surface area contributed by atoms with E-state index in [9.17, 15) is 4.79 Å². The van der Waals surface area contributed by atoms with E-state index in [1.165, 1.54) is 5.56 Å². The Bertz CT molecular complexity index is 464. The van der Waals surface area contributed by atoms with Gasteiger partial charge in [-0.25, -0.2) is 4.79 Å². The van der Waals surface area contributed by atoms with Gasteiger partial charge in [0, 0.05) is 18.3 Å². The van der Waals surface area contributed by atoms with Gasteiger partial charge in [0.2, 0.25) is 0 Å². The molecule has 0 aliphatic rings. The van der Waals surface area contributed by atoms with Crippen molar-refractivity contribution in [3.05, 3.63) is 29.8 Å². The predicted molar refractivity (Wildman–Crippen MR) is 87.9 cm³/mol. The number of amides is 1. The average molecular weight is 292 g/mol. The van der Waals surface area contributed by atoms with E-state index in [1.54, 1.807) is 0 Å². The van der Waals surface area contributed by atoms with Crippen molar-refractivity contribution in [1.82, 2.24) is 5.32 Å². The monoisotopic (exact) mass is 292 g/mol. The van der Waals surface area contributed by atoms with Crippen molar-refractivity contribution in [2.45, 2.75) is 59.1 Å². The third-order valence-electron chi connectivity index (χ3n) is 2.92. The molecule has 1 unspecified atom stereocenters. The summed E-state index contributed by atoms with van der Waals surface area (Å²) in [6.45, 7) is 12.4. The third kappa shape index (κ3) is 7.02. The van der Waals surface area contributed by atoms with Gasteiger partial charge in [-0.1, -0.05) is 26.0 Å². The zero-order chi connectivity index (χ0) is 16.0. The Labute approximate surface area is 128 Å². The molecule has 4 nitrogen and oxygen atoms in total. The summed E-state index contributed by atoms with van der Waals surface area (Å²) in [7, 11) is 0. The standard InChI is InChI=1S/C17H28N2O2/c1-12(2)14-8-7-9-15(10-14)19-13(3)11-18-16(20)21-17(4,5)6/h7-10,12-13,19H,11H2,1-6H3,(H,18,20). The van der Waals surface area contributed by atoms with Crippen molar-refractivity contribution in [3.63, 3.8) is 0 Å². The highest BCUT2D eigenvalue weighted by molar-refractivity contribution is 5.67. The topological polar surface area (TPSA) is 50.4 Å². The number of carbonyl (C=O) groups is 1. The van der Waals surface area contributed by atoms with Crippen LogP contribution < -0.4 is 10.6 Å². The fourth-order valence-corrected chi connectivity index (χ4v) is 1.87. The Morgan fingerprint density at radius 1 is 1.24 bits per heavy atom. The molecule has 0 aliphatic carbocycles. The highest BCUT2D eigenvalue weighted by Gasteiger charge is 2.16. The fraction of sp³-hybridized carbons (Fsp3) is 0.588. The highest BCUT2D eigenvalue weighted by Crippen LogP contribution is 2.18. The first kappa shape index (κ1) is 17.3.